The number of carboxylic acids is 1. The summed E-state index contributed by atoms with van der Waals surface area (Å²) in [6, 6.07) is 23.5. The van der Waals surface area contributed by atoms with Gasteiger partial charge in [-0.05, 0) is 36.6 Å². The van der Waals surface area contributed by atoms with Gasteiger partial charge in [-0.15, -0.1) is 0 Å². The molecule has 8 heteroatoms. The van der Waals surface area contributed by atoms with Crippen LogP contribution in [0.1, 0.15) is 16.7 Å². The first-order valence-electron chi connectivity index (χ1n) is 10.9. The van der Waals surface area contributed by atoms with Gasteiger partial charge in [0.05, 0.1) is 11.4 Å². The van der Waals surface area contributed by atoms with Crippen molar-refractivity contribution in [1.29, 1.82) is 0 Å². The Balaban J connectivity index is 1.78. The first kappa shape index (κ1) is 25.1. The molecule has 0 saturated heterocycles. The van der Waals surface area contributed by atoms with E-state index in [1.165, 1.54) is 12.1 Å². The smallest absolute Gasteiger partial charge is 0.326 e. The van der Waals surface area contributed by atoms with Gasteiger partial charge in [0.25, 0.3) is 0 Å². The van der Waals surface area contributed by atoms with E-state index in [1.54, 1.807) is 36.4 Å². The van der Waals surface area contributed by atoms with E-state index in [0.717, 1.165) is 21.0 Å². The third-order valence-corrected chi connectivity index (χ3v) is 7.25. The van der Waals surface area contributed by atoms with Crippen molar-refractivity contribution in [2.45, 2.75) is 30.7 Å². The van der Waals surface area contributed by atoms with Crippen LogP contribution in [0.15, 0.2) is 89.8 Å². The second-order valence-corrected chi connectivity index (χ2v) is 9.97. The molecule has 7 nitrogen and oxygen atoms in total. The predicted molar refractivity (Wildman–Crippen MR) is 130 cm³/mol. The van der Waals surface area contributed by atoms with Crippen molar-refractivity contribution in [2.24, 2.45) is 0 Å². The van der Waals surface area contributed by atoms with Crippen LogP contribution in [-0.2, 0) is 32.5 Å². The lowest BCUT2D eigenvalue weighted by atomic mass is 10.1. The number of rotatable bonds is 11. The zero-order valence-corrected chi connectivity index (χ0v) is 19.7. The Hall–Kier alpha value is -3.49. The van der Waals surface area contributed by atoms with Crippen LogP contribution in [0.5, 0.6) is 0 Å². The minimum absolute atomic E-state index is 0.0735. The summed E-state index contributed by atoms with van der Waals surface area (Å²) in [4.78, 5) is 24.6. The number of amides is 1. The average molecular weight is 481 g/mol. The van der Waals surface area contributed by atoms with Gasteiger partial charge in [0.1, 0.15) is 6.04 Å². The molecule has 0 unspecified atom stereocenters. The Kier molecular flexibility index (Phi) is 8.56. The van der Waals surface area contributed by atoms with Crippen LogP contribution in [0.2, 0.25) is 0 Å². The summed E-state index contributed by atoms with van der Waals surface area (Å²) in [6.45, 7) is 1.45. The normalized spacial score (nSPS) is 12.3. The number of benzene rings is 3. The summed E-state index contributed by atoms with van der Waals surface area (Å²) in [5.74, 6) is -1.86. The van der Waals surface area contributed by atoms with E-state index >= 15 is 0 Å². The molecule has 3 rings (SSSR count). The molecule has 1 atom stereocenters. The van der Waals surface area contributed by atoms with Gasteiger partial charge in [-0.25, -0.2) is 13.2 Å². The van der Waals surface area contributed by atoms with Gasteiger partial charge in [0.15, 0.2) is 0 Å². The summed E-state index contributed by atoms with van der Waals surface area (Å²) in [7, 11) is -3.97. The second kappa shape index (κ2) is 11.6. The third kappa shape index (κ3) is 7.00. The van der Waals surface area contributed by atoms with E-state index in [1.807, 2.05) is 43.3 Å². The predicted octanol–water partition coefficient (Wildman–Crippen LogP) is 3.04. The summed E-state index contributed by atoms with van der Waals surface area (Å²) < 4.78 is 27.8. The van der Waals surface area contributed by atoms with Crippen molar-refractivity contribution in [3.05, 3.63) is 102 Å². The molecule has 178 valence electrons. The van der Waals surface area contributed by atoms with Crippen LogP contribution < -0.4 is 5.32 Å². The minimum Gasteiger partial charge on any atom is -0.480 e. The van der Waals surface area contributed by atoms with Gasteiger partial charge < -0.3 is 10.4 Å². The number of hydrogen-bond donors (Lipinski definition) is 2. The van der Waals surface area contributed by atoms with E-state index in [0.29, 0.717) is 6.42 Å². The largest absolute Gasteiger partial charge is 0.480 e. The van der Waals surface area contributed by atoms with Crippen molar-refractivity contribution in [2.75, 3.05) is 13.1 Å². The molecule has 3 aromatic carbocycles. The molecule has 0 spiro atoms. The quantitative estimate of drug-likeness (QED) is 0.439. The van der Waals surface area contributed by atoms with Crippen LogP contribution in [0.4, 0.5) is 0 Å². The van der Waals surface area contributed by atoms with E-state index in [2.05, 4.69) is 5.32 Å². The molecular weight excluding hydrogens is 452 g/mol. The van der Waals surface area contributed by atoms with Gasteiger partial charge in [0, 0.05) is 13.0 Å². The molecule has 34 heavy (non-hydrogen) atoms. The van der Waals surface area contributed by atoms with E-state index in [4.69, 9.17) is 0 Å². The third-order valence-electron chi connectivity index (χ3n) is 5.39. The molecule has 0 bridgehead atoms. The summed E-state index contributed by atoms with van der Waals surface area (Å²) in [5.41, 5.74) is 2.60. The lowest BCUT2D eigenvalue weighted by Gasteiger charge is -2.23. The number of carbonyl (C=O) groups is 2. The number of carbonyl (C=O) groups excluding carboxylic acids is 1. The molecule has 0 aliphatic heterocycles. The van der Waals surface area contributed by atoms with E-state index < -0.39 is 34.5 Å². The molecule has 0 saturated carbocycles. The standard InChI is InChI=1S/C26H28N2O5S/c1-20-12-14-23(15-13-20)34(32,33)28(17-16-21-8-4-2-5-9-21)19-25(29)27-24(26(30)31)18-22-10-6-3-7-11-22/h2-15,24H,16-19H2,1H3,(H,27,29)(H,30,31)/t24-/m0/s1. The molecule has 0 aromatic heterocycles. The van der Waals surface area contributed by atoms with E-state index in [-0.39, 0.29) is 17.9 Å². The number of hydrogen-bond acceptors (Lipinski definition) is 4. The highest BCUT2D eigenvalue weighted by Crippen LogP contribution is 2.17. The maximum atomic E-state index is 13.3. The number of sulfonamides is 1. The second-order valence-electron chi connectivity index (χ2n) is 8.04. The van der Waals surface area contributed by atoms with Crippen molar-refractivity contribution in [3.63, 3.8) is 0 Å². The maximum absolute atomic E-state index is 13.3. The zero-order valence-electron chi connectivity index (χ0n) is 18.9. The Morgan fingerprint density at radius 2 is 1.44 bits per heavy atom. The fourth-order valence-electron chi connectivity index (χ4n) is 3.49. The van der Waals surface area contributed by atoms with Gasteiger partial charge >= 0.3 is 5.97 Å². The Morgan fingerprint density at radius 3 is 2.00 bits per heavy atom. The summed E-state index contributed by atoms with van der Waals surface area (Å²) in [6.07, 6.45) is 0.502. The van der Waals surface area contributed by atoms with Gasteiger partial charge in [-0.2, -0.15) is 4.31 Å². The first-order chi connectivity index (χ1) is 16.3. The van der Waals surface area contributed by atoms with Crippen LogP contribution in [0, 0.1) is 6.92 Å². The summed E-state index contributed by atoms with van der Waals surface area (Å²) >= 11 is 0. The lowest BCUT2D eigenvalue weighted by Crippen LogP contribution is -2.48. The van der Waals surface area contributed by atoms with Crippen molar-refractivity contribution in [1.82, 2.24) is 9.62 Å². The Bertz CT molecular complexity index is 1200. The molecule has 0 aliphatic rings. The van der Waals surface area contributed by atoms with Gasteiger partial charge in [-0.1, -0.05) is 78.4 Å². The molecule has 3 aromatic rings. The fraction of sp³-hybridized carbons (Fsp3) is 0.231. The van der Waals surface area contributed by atoms with Crippen LogP contribution in [0.25, 0.3) is 0 Å². The van der Waals surface area contributed by atoms with Crippen LogP contribution in [-0.4, -0.2) is 48.8 Å². The zero-order chi connectivity index (χ0) is 24.6. The minimum atomic E-state index is -3.97. The SMILES string of the molecule is Cc1ccc(S(=O)(=O)N(CCc2ccccc2)CC(=O)N[C@@H](Cc2ccccc2)C(=O)O)cc1. The lowest BCUT2D eigenvalue weighted by molar-refractivity contribution is -0.141. The molecule has 0 fully saturated rings. The summed E-state index contributed by atoms with van der Waals surface area (Å²) in [5, 5.41) is 12.1. The molecule has 0 radical (unpaired) electrons. The van der Waals surface area contributed by atoms with Crippen molar-refractivity contribution < 1.29 is 23.1 Å². The Morgan fingerprint density at radius 1 is 0.882 bits per heavy atom. The number of carboxylic acid groups (broad SMARTS) is 1. The van der Waals surface area contributed by atoms with Crippen molar-refractivity contribution >= 4 is 21.9 Å². The highest BCUT2D eigenvalue weighted by molar-refractivity contribution is 7.89. The van der Waals surface area contributed by atoms with Crippen LogP contribution >= 0.6 is 0 Å². The molecule has 0 heterocycles. The first-order valence-corrected chi connectivity index (χ1v) is 12.4. The number of aryl methyl sites for hydroxylation is 1. The number of aliphatic carboxylic acids is 1. The van der Waals surface area contributed by atoms with Crippen molar-refractivity contribution in [3.8, 4) is 0 Å². The number of nitrogens with one attached hydrogen (secondary N) is 1. The monoisotopic (exact) mass is 480 g/mol. The molecular formula is C26H28N2O5S. The maximum Gasteiger partial charge on any atom is 0.326 e. The molecule has 2 N–H and O–H groups in total. The average Bonchev–Trinajstić information content (AvgIpc) is 2.82. The van der Waals surface area contributed by atoms with Crippen LogP contribution in [0.3, 0.4) is 0 Å². The van der Waals surface area contributed by atoms with Gasteiger partial charge in [0.2, 0.25) is 15.9 Å². The molecule has 1 amide bonds. The molecule has 0 aliphatic carbocycles. The topological polar surface area (TPSA) is 104 Å². The fourth-order valence-corrected chi connectivity index (χ4v) is 4.89. The Labute approximate surface area is 200 Å². The van der Waals surface area contributed by atoms with E-state index in [9.17, 15) is 23.1 Å². The highest BCUT2D eigenvalue weighted by atomic mass is 32.2. The van der Waals surface area contributed by atoms with Gasteiger partial charge in [-0.3, -0.25) is 4.79 Å². The highest BCUT2D eigenvalue weighted by Gasteiger charge is 2.28. The number of nitrogens with zero attached hydrogens (tertiary/aromatic N) is 1.